The maximum atomic E-state index is 11.3. The van der Waals surface area contributed by atoms with Crippen molar-refractivity contribution in [2.45, 2.75) is 71.8 Å². The molecular formula is C21H29IO2. The maximum Gasteiger partial charge on any atom is 0.302 e. The number of allylic oxidation sites excluding steroid dienone is 3. The second-order valence-electron chi connectivity index (χ2n) is 8.98. The Morgan fingerprint density at radius 2 is 1.88 bits per heavy atom. The van der Waals surface area contributed by atoms with Crippen molar-refractivity contribution in [3.63, 3.8) is 0 Å². The molecule has 0 bridgehead atoms. The average molecular weight is 440 g/mol. The van der Waals surface area contributed by atoms with Crippen LogP contribution in [0.1, 0.15) is 65.7 Å². The van der Waals surface area contributed by atoms with E-state index in [2.05, 4.69) is 48.6 Å². The molecule has 2 saturated carbocycles. The van der Waals surface area contributed by atoms with Crippen molar-refractivity contribution in [1.82, 2.24) is 0 Å². The molecule has 2 nitrogen and oxygen atoms in total. The lowest BCUT2D eigenvalue weighted by molar-refractivity contribution is -0.148. The van der Waals surface area contributed by atoms with Gasteiger partial charge in [0.2, 0.25) is 0 Å². The van der Waals surface area contributed by atoms with Crippen molar-refractivity contribution in [3.05, 3.63) is 21.3 Å². The van der Waals surface area contributed by atoms with Crippen LogP contribution in [0.3, 0.4) is 0 Å². The van der Waals surface area contributed by atoms with Gasteiger partial charge in [0.25, 0.3) is 0 Å². The normalized spacial score (nSPS) is 47.0. The minimum Gasteiger partial charge on any atom is -0.462 e. The van der Waals surface area contributed by atoms with Gasteiger partial charge in [-0.05, 0) is 87.9 Å². The number of esters is 1. The molecule has 4 aliphatic carbocycles. The first-order valence-electron chi connectivity index (χ1n) is 9.57. The highest BCUT2D eigenvalue weighted by Gasteiger charge is 2.56. The van der Waals surface area contributed by atoms with Crippen LogP contribution in [0.15, 0.2) is 21.3 Å². The summed E-state index contributed by atoms with van der Waals surface area (Å²) in [5.41, 5.74) is 2.37. The van der Waals surface area contributed by atoms with Crippen LogP contribution in [0.4, 0.5) is 0 Å². The highest BCUT2D eigenvalue weighted by Crippen LogP contribution is 2.65. The third kappa shape index (κ3) is 2.44. The molecule has 0 spiro atoms. The first kappa shape index (κ1) is 17.1. The number of ether oxygens (including phenoxy) is 1. The zero-order valence-corrected chi connectivity index (χ0v) is 17.3. The van der Waals surface area contributed by atoms with Crippen LogP contribution >= 0.6 is 22.6 Å². The molecule has 0 amide bonds. The van der Waals surface area contributed by atoms with Gasteiger partial charge in [-0.15, -0.1) is 0 Å². The Morgan fingerprint density at radius 3 is 2.62 bits per heavy atom. The Labute approximate surface area is 159 Å². The summed E-state index contributed by atoms with van der Waals surface area (Å²) in [6.45, 7) is 6.56. The minimum absolute atomic E-state index is 0.112. The molecular weight excluding hydrogens is 411 g/mol. The molecule has 0 N–H and O–H groups in total. The lowest BCUT2D eigenvalue weighted by Gasteiger charge is -2.57. The molecule has 4 rings (SSSR count). The predicted octanol–water partition coefficient (Wildman–Crippen LogP) is 5.81. The van der Waals surface area contributed by atoms with Crippen molar-refractivity contribution in [2.24, 2.45) is 28.6 Å². The molecule has 0 saturated heterocycles. The number of hydrogen-bond donors (Lipinski definition) is 0. The van der Waals surface area contributed by atoms with Crippen molar-refractivity contribution in [3.8, 4) is 0 Å². The Hall–Kier alpha value is -0.320. The Kier molecular flexibility index (Phi) is 4.17. The average Bonchev–Trinajstić information content (AvgIpc) is 2.83. The summed E-state index contributed by atoms with van der Waals surface area (Å²) in [7, 11) is 0. The molecule has 0 aliphatic heterocycles. The molecule has 0 aromatic heterocycles. The molecule has 24 heavy (non-hydrogen) atoms. The van der Waals surface area contributed by atoms with Crippen LogP contribution in [0.25, 0.3) is 0 Å². The molecule has 4 aliphatic rings. The van der Waals surface area contributed by atoms with Gasteiger partial charge in [0, 0.05) is 18.8 Å². The van der Waals surface area contributed by atoms with Crippen LogP contribution in [-0.4, -0.2) is 12.1 Å². The van der Waals surface area contributed by atoms with E-state index in [0.717, 1.165) is 30.6 Å². The number of rotatable bonds is 1. The first-order valence-corrected chi connectivity index (χ1v) is 10.7. The quantitative estimate of drug-likeness (QED) is 0.292. The predicted molar refractivity (Wildman–Crippen MR) is 105 cm³/mol. The van der Waals surface area contributed by atoms with Crippen LogP contribution < -0.4 is 0 Å². The Morgan fingerprint density at radius 1 is 1.12 bits per heavy atom. The van der Waals surface area contributed by atoms with Crippen molar-refractivity contribution in [2.75, 3.05) is 0 Å². The summed E-state index contributed by atoms with van der Waals surface area (Å²) in [5, 5.41) is 0. The van der Waals surface area contributed by atoms with Crippen molar-refractivity contribution >= 4 is 28.6 Å². The van der Waals surface area contributed by atoms with E-state index in [4.69, 9.17) is 4.74 Å². The second-order valence-corrected chi connectivity index (χ2v) is 10.1. The summed E-state index contributed by atoms with van der Waals surface area (Å²) < 4.78 is 7.14. The largest absolute Gasteiger partial charge is 0.462 e. The summed E-state index contributed by atoms with van der Waals surface area (Å²) in [5.74, 6) is 2.37. The van der Waals surface area contributed by atoms with Crippen molar-refractivity contribution in [1.29, 1.82) is 0 Å². The fourth-order valence-corrected chi connectivity index (χ4v) is 7.40. The molecule has 0 radical (unpaired) electrons. The van der Waals surface area contributed by atoms with E-state index in [-0.39, 0.29) is 12.1 Å². The van der Waals surface area contributed by atoms with Gasteiger partial charge >= 0.3 is 5.97 Å². The minimum atomic E-state index is -0.127. The van der Waals surface area contributed by atoms with Gasteiger partial charge in [-0.1, -0.05) is 31.6 Å². The zero-order valence-electron chi connectivity index (χ0n) is 15.1. The number of hydrogen-bond acceptors (Lipinski definition) is 2. The van der Waals surface area contributed by atoms with Gasteiger partial charge in [-0.25, -0.2) is 0 Å². The highest BCUT2D eigenvalue weighted by atomic mass is 127. The third-order valence-corrected chi connectivity index (χ3v) is 9.55. The fourth-order valence-electron chi connectivity index (χ4n) is 6.48. The highest BCUT2D eigenvalue weighted by molar-refractivity contribution is 14.1. The lowest BCUT2D eigenvalue weighted by Crippen LogP contribution is -2.49. The molecule has 0 aromatic rings. The standard InChI is InChI=1S/C21H29IO2/c1-13(23)24-15-8-10-20(2)14(12-15)4-5-16-17-6-7-19(22)21(17,3)11-9-18(16)20/h4,7,15-18H,5-6,8-12H2,1-3H3/t15?,16?,17?,18?,20-,21-/m0/s1. The monoisotopic (exact) mass is 440 g/mol. The zero-order chi connectivity index (χ0) is 17.1. The number of carbonyl (C=O) groups excluding carboxylic acids is 1. The van der Waals surface area contributed by atoms with Gasteiger partial charge in [-0.2, -0.15) is 0 Å². The van der Waals surface area contributed by atoms with Crippen LogP contribution in [0.2, 0.25) is 0 Å². The smallest absolute Gasteiger partial charge is 0.302 e. The molecule has 0 heterocycles. The Bertz CT molecular complexity index is 621. The topological polar surface area (TPSA) is 26.3 Å². The fraction of sp³-hybridized carbons (Fsp3) is 0.762. The van der Waals surface area contributed by atoms with E-state index >= 15 is 0 Å². The van der Waals surface area contributed by atoms with Gasteiger partial charge < -0.3 is 4.74 Å². The summed E-state index contributed by atoms with van der Waals surface area (Å²) in [6, 6.07) is 0. The third-order valence-electron chi connectivity index (χ3n) is 7.88. The van der Waals surface area contributed by atoms with E-state index in [1.54, 1.807) is 9.15 Å². The summed E-state index contributed by atoms with van der Waals surface area (Å²) in [6.07, 6.45) is 13.6. The summed E-state index contributed by atoms with van der Waals surface area (Å²) in [4.78, 5) is 11.3. The van der Waals surface area contributed by atoms with Gasteiger partial charge in [0.1, 0.15) is 6.10 Å². The maximum absolute atomic E-state index is 11.3. The lowest BCUT2D eigenvalue weighted by atomic mass is 9.48. The van der Waals surface area contributed by atoms with Crippen LogP contribution in [0.5, 0.6) is 0 Å². The number of fused-ring (bicyclic) bond motifs is 5. The molecule has 132 valence electrons. The van der Waals surface area contributed by atoms with E-state index in [9.17, 15) is 4.79 Å². The molecule has 4 unspecified atom stereocenters. The number of halogens is 1. The molecule has 2 fully saturated rings. The SMILES string of the molecule is CC(=O)OC1CC[C@@]2(C)C(=CCC3C2CC[C@]2(C)C(I)=CCC32)C1. The van der Waals surface area contributed by atoms with E-state index in [1.807, 2.05) is 0 Å². The number of carbonyl (C=O) groups is 1. The van der Waals surface area contributed by atoms with Gasteiger partial charge in [0.15, 0.2) is 0 Å². The molecule has 6 atom stereocenters. The molecule has 3 heteroatoms. The van der Waals surface area contributed by atoms with Crippen LogP contribution in [-0.2, 0) is 9.53 Å². The van der Waals surface area contributed by atoms with Gasteiger partial charge in [0.05, 0.1) is 0 Å². The van der Waals surface area contributed by atoms with E-state index < -0.39 is 0 Å². The van der Waals surface area contributed by atoms with Crippen molar-refractivity contribution < 1.29 is 9.53 Å². The first-order chi connectivity index (χ1) is 11.3. The van der Waals surface area contributed by atoms with Gasteiger partial charge in [-0.3, -0.25) is 4.79 Å². The van der Waals surface area contributed by atoms with E-state index in [0.29, 0.717) is 10.8 Å². The second kappa shape index (κ2) is 5.85. The molecule has 0 aromatic carbocycles. The Balaban J connectivity index is 1.59. The van der Waals surface area contributed by atoms with Crippen LogP contribution in [0, 0.1) is 28.6 Å². The summed E-state index contributed by atoms with van der Waals surface area (Å²) >= 11 is 2.60. The van der Waals surface area contributed by atoms with E-state index in [1.165, 1.54) is 39.0 Å².